The van der Waals surface area contributed by atoms with E-state index in [1.165, 1.54) is 7.05 Å². The number of hydrogen-bond donors (Lipinski definition) is 0. The van der Waals surface area contributed by atoms with Crippen molar-refractivity contribution in [2.24, 2.45) is 0 Å². The standard InChI is InChI=1S/C11H12NO3S/c1-3-15-10-8-12(2,13)16(14)11-7-5-4-6-9(10)11/h4-7H,3H2,1-2H3. The monoisotopic (exact) mass is 238 g/mol. The molecule has 4 nitrogen and oxygen atoms in total. The normalized spacial score (nSPS) is 28.2. The Bertz CT molecular complexity index is 431. The average molecular weight is 238 g/mol. The van der Waals surface area contributed by atoms with Gasteiger partial charge in [-0.1, -0.05) is 12.1 Å². The van der Waals surface area contributed by atoms with Crippen molar-refractivity contribution < 1.29 is 13.3 Å². The zero-order chi connectivity index (χ0) is 11.8. The van der Waals surface area contributed by atoms with E-state index >= 15 is 0 Å². The molecule has 1 aliphatic rings. The molecule has 16 heavy (non-hydrogen) atoms. The summed E-state index contributed by atoms with van der Waals surface area (Å²) in [4.78, 5) is 0.502. The molecular weight excluding hydrogens is 226 g/mol. The summed E-state index contributed by atoms with van der Waals surface area (Å²) in [6.07, 6.45) is 2.58. The quantitative estimate of drug-likeness (QED) is 0.448. The van der Waals surface area contributed by atoms with Crippen molar-refractivity contribution in [1.29, 1.82) is 0 Å². The van der Waals surface area contributed by atoms with Gasteiger partial charge < -0.3 is 14.5 Å². The lowest BCUT2D eigenvalue weighted by molar-refractivity contribution is -0.683. The van der Waals surface area contributed by atoms with Crippen LogP contribution in [0.5, 0.6) is 0 Å². The Hall–Kier alpha value is -1.01. The third-order valence-electron chi connectivity index (χ3n) is 2.23. The molecule has 1 aromatic carbocycles. The summed E-state index contributed by atoms with van der Waals surface area (Å²) >= 11 is -1.68. The van der Waals surface area contributed by atoms with Gasteiger partial charge in [0.15, 0.2) is 11.4 Å². The molecule has 1 aliphatic heterocycles. The first-order valence-electron chi connectivity index (χ1n) is 4.93. The lowest BCUT2D eigenvalue weighted by Gasteiger charge is -2.34. The predicted octanol–water partition coefficient (Wildman–Crippen LogP) is 1.81. The second-order valence-electron chi connectivity index (χ2n) is 3.47. The first-order valence-corrected chi connectivity index (χ1v) is 6.04. The van der Waals surface area contributed by atoms with Gasteiger partial charge in [0.2, 0.25) is 10.7 Å². The van der Waals surface area contributed by atoms with E-state index in [-0.39, 0.29) is 0 Å². The maximum Gasteiger partial charge on any atom is 0.290 e. The van der Waals surface area contributed by atoms with E-state index in [0.717, 1.165) is 0 Å². The van der Waals surface area contributed by atoms with Crippen LogP contribution in [-0.2, 0) is 16.1 Å². The van der Waals surface area contributed by atoms with Crippen LogP contribution >= 0.6 is 0 Å². The van der Waals surface area contributed by atoms with Crippen LogP contribution in [0.2, 0.25) is 0 Å². The van der Waals surface area contributed by atoms with E-state index in [9.17, 15) is 9.76 Å². The van der Waals surface area contributed by atoms with Crippen LogP contribution in [0.15, 0.2) is 29.2 Å². The lowest BCUT2D eigenvalue weighted by atomic mass is 10.2. The van der Waals surface area contributed by atoms with Gasteiger partial charge in [-0.2, -0.15) is 0 Å². The van der Waals surface area contributed by atoms with Crippen LogP contribution < -0.4 is 0 Å². The molecule has 0 saturated heterocycles. The molecule has 1 radical (unpaired) electrons. The van der Waals surface area contributed by atoms with Crippen molar-refractivity contribution in [3.63, 3.8) is 0 Å². The molecule has 0 amide bonds. The molecule has 0 spiro atoms. The van der Waals surface area contributed by atoms with E-state index in [4.69, 9.17) is 4.74 Å². The van der Waals surface area contributed by atoms with Gasteiger partial charge in [0.25, 0.3) is 6.20 Å². The van der Waals surface area contributed by atoms with Crippen LogP contribution in [0.4, 0.5) is 0 Å². The highest BCUT2D eigenvalue weighted by Gasteiger charge is 2.39. The highest BCUT2D eigenvalue weighted by atomic mass is 32.2. The molecule has 0 N–H and O–H groups in total. The minimum Gasteiger partial charge on any atom is -0.581 e. The Morgan fingerprint density at radius 2 is 2.12 bits per heavy atom. The fourth-order valence-corrected chi connectivity index (χ4v) is 2.62. The van der Waals surface area contributed by atoms with Crippen molar-refractivity contribution in [2.75, 3.05) is 13.7 Å². The minimum atomic E-state index is -1.68. The van der Waals surface area contributed by atoms with Gasteiger partial charge in [-0.05, 0) is 13.0 Å². The van der Waals surface area contributed by atoms with Crippen molar-refractivity contribution in [2.45, 2.75) is 11.8 Å². The van der Waals surface area contributed by atoms with Gasteiger partial charge >= 0.3 is 0 Å². The molecule has 1 heterocycles. The molecule has 2 rings (SSSR count). The van der Waals surface area contributed by atoms with Crippen molar-refractivity contribution in [1.82, 2.24) is 0 Å². The third-order valence-corrected chi connectivity index (χ3v) is 3.69. The molecule has 0 aromatic heterocycles. The second-order valence-corrected chi connectivity index (χ2v) is 5.10. The van der Waals surface area contributed by atoms with E-state index in [0.29, 0.717) is 22.8 Å². The number of hydrogen-bond acceptors (Lipinski definition) is 3. The maximum atomic E-state index is 11.9. The largest absolute Gasteiger partial charge is 0.581 e. The zero-order valence-electron chi connectivity index (χ0n) is 9.10. The number of fused-ring (bicyclic) bond motifs is 1. The topological polar surface area (TPSA) is 55.3 Å². The van der Waals surface area contributed by atoms with Crippen LogP contribution in [0.1, 0.15) is 12.5 Å². The molecule has 0 saturated carbocycles. The molecular formula is C11H12NO3S. The number of rotatable bonds is 2. The van der Waals surface area contributed by atoms with Gasteiger partial charge in [-0.3, -0.25) is 0 Å². The fraction of sp³-hybridized carbons (Fsp3) is 0.273. The minimum absolute atomic E-state index is 0.384. The summed E-state index contributed by atoms with van der Waals surface area (Å²) in [7, 11) is 1.30. The summed E-state index contributed by atoms with van der Waals surface area (Å²) in [6, 6.07) is 7.03. The molecule has 2 unspecified atom stereocenters. The van der Waals surface area contributed by atoms with Gasteiger partial charge in [-0.15, -0.1) is 4.05 Å². The molecule has 0 aliphatic carbocycles. The van der Waals surface area contributed by atoms with E-state index in [2.05, 4.69) is 6.20 Å². The first-order chi connectivity index (χ1) is 7.56. The van der Waals surface area contributed by atoms with Gasteiger partial charge in [0.05, 0.1) is 12.2 Å². The first kappa shape index (κ1) is 11.5. The second kappa shape index (κ2) is 4.10. The van der Waals surface area contributed by atoms with Crippen LogP contribution in [0.3, 0.4) is 0 Å². The molecule has 0 bridgehead atoms. The zero-order valence-corrected chi connectivity index (χ0v) is 9.91. The Morgan fingerprint density at radius 3 is 2.81 bits per heavy atom. The Balaban J connectivity index is 2.54. The number of ether oxygens (including phenoxy) is 1. The van der Waals surface area contributed by atoms with Crippen LogP contribution in [-0.4, -0.2) is 22.3 Å². The van der Waals surface area contributed by atoms with Crippen molar-refractivity contribution in [3.8, 4) is 0 Å². The van der Waals surface area contributed by atoms with Gasteiger partial charge in [0, 0.05) is 6.07 Å². The number of quaternary nitrogens is 1. The lowest BCUT2D eigenvalue weighted by Crippen LogP contribution is -2.42. The van der Waals surface area contributed by atoms with Crippen molar-refractivity contribution in [3.05, 3.63) is 41.2 Å². The summed E-state index contributed by atoms with van der Waals surface area (Å²) in [5, 5.41) is 11.9. The van der Waals surface area contributed by atoms with Crippen LogP contribution in [0.25, 0.3) is 5.76 Å². The molecule has 0 fully saturated rings. The average Bonchev–Trinajstić information content (AvgIpc) is 2.26. The SMILES string of the molecule is CCOC1=[C][N+](C)([O-])[S+]([O-])c2ccccc21. The number of nitrogens with zero attached hydrogens (tertiary/aromatic N) is 1. The highest BCUT2D eigenvalue weighted by Crippen LogP contribution is 2.35. The Kier molecular flexibility index (Phi) is 2.94. The summed E-state index contributed by atoms with van der Waals surface area (Å²) in [5.74, 6) is 0.384. The predicted molar refractivity (Wildman–Crippen MR) is 60.7 cm³/mol. The Morgan fingerprint density at radius 1 is 1.44 bits per heavy atom. The van der Waals surface area contributed by atoms with Crippen molar-refractivity contribution >= 4 is 17.1 Å². The van der Waals surface area contributed by atoms with E-state index in [1.54, 1.807) is 18.2 Å². The highest BCUT2D eigenvalue weighted by molar-refractivity contribution is 7.86. The molecule has 2 atom stereocenters. The smallest absolute Gasteiger partial charge is 0.290 e. The number of benzene rings is 1. The summed E-state index contributed by atoms with van der Waals surface area (Å²) < 4.78 is 16.2. The van der Waals surface area contributed by atoms with Crippen LogP contribution in [0, 0.1) is 11.4 Å². The molecule has 85 valence electrons. The van der Waals surface area contributed by atoms with E-state index < -0.39 is 15.4 Å². The summed E-state index contributed by atoms with van der Waals surface area (Å²) in [5.41, 5.74) is 0.689. The van der Waals surface area contributed by atoms with Gasteiger partial charge in [0.1, 0.15) is 7.05 Å². The molecule has 1 aromatic rings. The third kappa shape index (κ3) is 1.82. The fourth-order valence-electron chi connectivity index (χ4n) is 1.53. The van der Waals surface area contributed by atoms with Gasteiger partial charge in [-0.25, -0.2) is 0 Å². The summed E-state index contributed by atoms with van der Waals surface area (Å²) in [6.45, 7) is 2.28. The number of hydroxylamine groups is 2. The van der Waals surface area contributed by atoms with E-state index in [1.807, 2.05) is 13.0 Å². The maximum absolute atomic E-state index is 11.9. The molecule has 5 heteroatoms. The Labute approximate surface area is 97.6 Å².